The summed E-state index contributed by atoms with van der Waals surface area (Å²) in [5.41, 5.74) is 0. The molecule has 0 aromatic heterocycles. The highest BCUT2D eigenvalue weighted by Crippen LogP contribution is 2.21. The van der Waals surface area contributed by atoms with E-state index in [0.717, 1.165) is 25.7 Å². The summed E-state index contributed by atoms with van der Waals surface area (Å²) in [5.74, 6) is -0.622. The maximum atomic E-state index is 12.6. The molecular weight excluding hydrogens is 350 g/mol. The maximum absolute atomic E-state index is 12.6. The van der Waals surface area contributed by atoms with E-state index >= 15 is 0 Å². The molecule has 1 heterocycles. The third kappa shape index (κ3) is 6.84. The monoisotopic (exact) mass is 381 g/mol. The van der Waals surface area contributed by atoms with Gasteiger partial charge in [-0.25, -0.2) is 4.79 Å². The van der Waals surface area contributed by atoms with Crippen LogP contribution in [0.3, 0.4) is 0 Å². The molecule has 0 aromatic rings. The second-order valence-electron chi connectivity index (χ2n) is 7.90. The smallest absolute Gasteiger partial charge is 0.408 e. The molecule has 1 aliphatic heterocycles. The number of hydrogen-bond donors (Lipinski definition) is 3. The van der Waals surface area contributed by atoms with Crippen molar-refractivity contribution in [2.24, 2.45) is 11.8 Å². The molecule has 8 nitrogen and oxygen atoms in total. The van der Waals surface area contributed by atoms with E-state index in [9.17, 15) is 19.2 Å². The second kappa shape index (κ2) is 10.3. The first kappa shape index (κ1) is 21.2. The number of nitrogens with one attached hydrogen (secondary N) is 3. The molecule has 0 radical (unpaired) electrons. The van der Waals surface area contributed by atoms with Crippen LogP contribution in [0, 0.1) is 11.8 Å². The summed E-state index contributed by atoms with van der Waals surface area (Å²) in [5, 5.41) is 8.02. The summed E-state index contributed by atoms with van der Waals surface area (Å²) >= 11 is 0. The SMILES string of the molecule is CC(C)C[C@H](NC(=O)OC1CCCC1)C(=O)N[C@H](C=O)C[C@@H]1CCNC1=O. The van der Waals surface area contributed by atoms with Gasteiger partial charge in [0.1, 0.15) is 18.4 Å². The Balaban J connectivity index is 1.90. The first-order valence-corrected chi connectivity index (χ1v) is 9.89. The van der Waals surface area contributed by atoms with E-state index in [4.69, 9.17) is 4.74 Å². The molecule has 3 amide bonds. The first-order chi connectivity index (χ1) is 12.9. The minimum atomic E-state index is -0.779. The van der Waals surface area contributed by atoms with E-state index in [0.29, 0.717) is 25.7 Å². The highest BCUT2D eigenvalue weighted by molar-refractivity contribution is 5.88. The van der Waals surface area contributed by atoms with Crippen LogP contribution >= 0.6 is 0 Å². The molecule has 1 aliphatic carbocycles. The molecule has 152 valence electrons. The number of rotatable bonds is 9. The molecular formula is C19H31N3O5. The molecule has 27 heavy (non-hydrogen) atoms. The third-order valence-corrected chi connectivity index (χ3v) is 5.08. The van der Waals surface area contributed by atoms with Crippen LogP contribution in [0.5, 0.6) is 0 Å². The standard InChI is InChI=1S/C19H31N3O5/c1-12(2)9-16(22-19(26)27-15-5-3-4-6-15)18(25)21-14(11-23)10-13-7-8-20-17(13)24/h11-16H,3-10H2,1-2H3,(H,20,24)(H,21,25)(H,22,26)/t13-,14-,16-/m0/s1. The lowest BCUT2D eigenvalue weighted by Crippen LogP contribution is -2.51. The van der Waals surface area contributed by atoms with Gasteiger partial charge in [0.05, 0.1) is 6.04 Å². The Hall–Kier alpha value is -2.12. The van der Waals surface area contributed by atoms with E-state index < -0.39 is 24.1 Å². The van der Waals surface area contributed by atoms with Gasteiger partial charge in [-0.1, -0.05) is 13.8 Å². The summed E-state index contributed by atoms with van der Waals surface area (Å²) < 4.78 is 5.37. The van der Waals surface area contributed by atoms with Gasteiger partial charge in [-0.05, 0) is 50.9 Å². The zero-order valence-electron chi connectivity index (χ0n) is 16.2. The van der Waals surface area contributed by atoms with Crippen molar-refractivity contribution in [3.63, 3.8) is 0 Å². The van der Waals surface area contributed by atoms with Crippen molar-refractivity contribution < 1.29 is 23.9 Å². The Labute approximate surface area is 160 Å². The number of carbonyl (C=O) groups is 4. The fourth-order valence-corrected chi connectivity index (χ4v) is 3.65. The van der Waals surface area contributed by atoms with Crippen LogP contribution in [0.2, 0.25) is 0 Å². The molecule has 0 unspecified atom stereocenters. The molecule has 0 aromatic carbocycles. The van der Waals surface area contributed by atoms with Gasteiger partial charge in [-0.3, -0.25) is 9.59 Å². The van der Waals surface area contributed by atoms with Crippen LogP contribution < -0.4 is 16.0 Å². The summed E-state index contributed by atoms with van der Waals surface area (Å²) in [6.45, 7) is 4.49. The molecule has 2 fully saturated rings. The van der Waals surface area contributed by atoms with Gasteiger partial charge in [0.2, 0.25) is 11.8 Å². The molecule has 2 rings (SSSR count). The predicted octanol–water partition coefficient (Wildman–Crippen LogP) is 1.28. The van der Waals surface area contributed by atoms with Gasteiger partial charge in [-0.15, -0.1) is 0 Å². The molecule has 3 atom stereocenters. The number of ether oxygens (including phenoxy) is 1. The molecule has 3 N–H and O–H groups in total. The van der Waals surface area contributed by atoms with E-state index in [1.807, 2.05) is 13.8 Å². The number of carbonyl (C=O) groups excluding carboxylic acids is 4. The molecule has 8 heteroatoms. The summed E-state index contributed by atoms with van der Waals surface area (Å²) in [7, 11) is 0. The zero-order valence-corrected chi connectivity index (χ0v) is 16.2. The lowest BCUT2D eigenvalue weighted by Gasteiger charge is -2.23. The zero-order chi connectivity index (χ0) is 19.8. The predicted molar refractivity (Wildman–Crippen MR) is 98.8 cm³/mol. The maximum Gasteiger partial charge on any atom is 0.408 e. The fraction of sp³-hybridized carbons (Fsp3) is 0.789. The molecule has 0 spiro atoms. The molecule has 0 bridgehead atoms. The quantitative estimate of drug-likeness (QED) is 0.521. The summed E-state index contributed by atoms with van der Waals surface area (Å²) in [6.07, 6.45) is 5.11. The van der Waals surface area contributed by atoms with Gasteiger partial charge in [0.15, 0.2) is 0 Å². The van der Waals surface area contributed by atoms with Crippen molar-refractivity contribution in [3.05, 3.63) is 0 Å². The van der Waals surface area contributed by atoms with E-state index in [-0.39, 0.29) is 30.3 Å². The Morgan fingerprint density at radius 1 is 1.22 bits per heavy atom. The average Bonchev–Trinajstić information content (AvgIpc) is 3.25. The number of hydrogen-bond acceptors (Lipinski definition) is 5. The number of aldehydes is 1. The second-order valence-corrected chi connectivity index (χ2v) is 7.90. The average molecular weight is 381 g/mol. The molecule has 1 saturated carbocycles. The van der Waals surface area contributed by atoms with Crippen LogP contribution in [-0.2, 0) is 19.1 Å². The normalized spacial score (nSPS) is 22.2. The van der Waals surface area contributed by atoms with Gasteiger partial charge in [0, 0.05) is 12.5 Å². The van der Waals surface area contributed by atoms with Crippen molar-refractivity contribution in [2.45, 2.75) is 77.0 Å². The summed E-state index contributed by atoms with van der Waals surface area (Å²) in [6, 6.07) is -1.53. The minimum Gasteiger partial charge on any atom is -0.446 e. The van der Waals surface area contributed by atoms with Crippen LogP contribution in [0.1, 0.15) is 58.8 Å². The van der Waals surface area contributed by atoms with Gasteiger partial charge in [-0.2, -0.15) is 0 Å². The van der Waals surface area contributed by atoms with Gasteiger partial charge < -0.3 is 25.5 Å². The fourth-order valence-electron chi connectivity index (χ4n) is 3.65. The third-order valence-electron chi connectivity index (χ3n) is 5.08. The van der Waals surface area contributed by atoms with Gasteiger partial charge in [0.25, 0.3) is 0 Å². The highest BCUT2D eigenvalue weighted by atomic mass is 16.6. The van der Waals surface area contributed by atoms with Gasteiger partial charge >= 0.3 is 6.09 Å². The van der Waals surface area contributed by atoms with Crippen LogP contribution in [0.25, 0.3) is 0 Å². The first-order valence-electron chi connectivity index (χ1n) is 9.89. The van der Waals surface area contributed by atoms with Crippen molar-refractivity contribution in [3.8, 4) is 0 Å². The largest absolute Gasteiger partial charge is 0.446 e. The van der Waals surface area contributed by atoms with Crippen molar-refractivity contribution in [1.82, 2.24) is 16.0 Å². The van der Waals surface area contributed by atoms with E-state index in [1.54, 1.807) is 0 Å². The van der Waals surface area contributed by atoms with Crippen molar-refractivity contribution in [2.75, 3.05) is 6.54 Å². The Morgan fingerprint density at radius 3 is 2.48 bits per heavy atom. The number of alkyl carbamates (subject to hydrolysis) is 1. The van der Waals surface area contributed by atoms with Crippen molar-refractivity contribution >= 4 is 24.2 Å². The minimum absolute atomic E-state index is 0.0867. The Morgan fingerprint density at radius 2 is 1.93 bits per heavy atom. The summed E-state index contributed by atoms with van der Waals surface area (Å²) in [4.78, 5) is 47.8. The van der Waals surface area contributed by atoms with E-state index in [2.05, 4.69) is 16.0 Å². The van der Waals surface area contributed by atoms with Crippen LogP contribution in [0.4, 0.5) is 4.79 Å². The number of amides is 3. The molecule has 2 aliphatic rings. The van der Waals surface area contributed by atoms with Crippen molar-refractivity contribution in [1.29, 1.82) is 0 Å². The Kier molecular flexibility index (Phi) is 8.06. The lowest BCUT2D eigenvalue weighted by molar-refractivity contribution is -0.127. The topological polar surface area (TPSA) is 114 Å². The van der Waals surface area contributed by atoms with E-state index in [1.165, 1.54) is 0 Å². The highest BCUT2D eigenvalue weighted by Gasteiger charge is 2.30. The Bertz CT molecular complexity index is 545. The molecule has 1 saturated heterocycles. The van der Waals surface area contributed by atoms with Crippen LogP contribution in [-0.4, -0.2) is 48.9 Å². The lowest BCUT2D eigenvalue weighted by atomic mass is 9.98. The van der Waals surface area contributed by atoms with Crippen LogP contribution in [0.15, 0.2) is 0 Å².